The summed E-state index contributed by atoms with van der Waals surface area (Å²) >= 11 is 0. The lowest BCUT2D eigenvalue weighted by atomic mass is 10.2. The summed E-state index contributed by atoms with van der Waals surface area (Å²) in [6.45, 7) is -0.0201. The topological polar surface area (TPSA) is 59.6 Å². The van der Waals surface area contributed by atoms with Gasteiger partial charge in [-0.05, 0) is 6.07 Å². The van der Waals surface area contributed by atoms with Crippen LogP contribution in [0.1, 0.15) is 12.0 Å². The van der Waals surface area contributed by atoms with Crippen LogP contribution >= 0.6 is 24.0 Å². The van der Waals surface area contributed by atoms with Crippen LogP contribution in [-0.4, -0.2) is 25.8 Å². The number of halogens is 4. The SMILES string of the molecule is COCc1ccccc1NC(N)=NCCC(F)(F)F.I. The molecule has 1 aromatic rings. The van der Waals surface area contributed by atoms with Crippen molar-refractivity contribution >= 4 is 35.6 Å². The molecule has 0 fully saturated rings. The highest BCUT2D eigenvalue weighted by Crippen LogP contribution is 2.19. The average Bonchev–Trinajstić information content (AvgIpc) is 2.30. The molecule has 0 saturated carbocycles. The van der Waals surface area contributed by atoms with Gasteiger partial charge in [0, 0.05) is 18.4 Å². The van der Waals surface area contributed by atoms with E-state index in [-0.39, 0.29) is 29.9 Å². The maximum absolute atomic E-state index is 12.0. The number of nitrogens with zero attached hydrogens (tertiary/aromatic N) is 1. The number of anilines is 1. The van der Waals surface area contributed by atoms with E-state index in [1.54, 1.807) is 19.2 Å². The Morgan fingerprint density at radius 1 is 1.35 bits per heavy atom. The van der Waals surface area contributed by atoms with E-state index in [4.69, 9.17) is 10.5 Å². The van der Waals surface area contributed by atoms with Crippen LogP contribution in [0.25, 0.3) is 0 Å². The van der Waals surface area contributed by atoms with E-state index < -0.39 is 19.1 Å². The third-order valence-corrected chi connectivity index (χ3v) is 2.26. The highest BCUT2D eigenvalue weighted by Gasteiger charge is 2.26. The van der Waals surface area contributed by atoms with Crippen LogP contribution in [0, 0.1) is 0 Å². The standard InChI is InChI=1S/C12H16F3N3O.HI/c1-19-8-9-4-2-3-5-10(9)18-11(16)17-7-6-12(13,14)15;/h2-5H,6-8H2,1H3,(H3,16,17,18);1H. The van der Waals surface area contributed by atoms with Gasteiger partial charge in [0.1, 0.15) is 0 Å². The number of alkyl halides is 3. The molecule has 0 saturated heterocycles. The van der Waals surface area contributed by atoms with E-state index in [2.05, 4.69) is 10.3 Å². The molecule has 0 bridgehead atoms. The lowest BCUT2D eigenvalue weighted by Gasteiger charge is -2.11. The summed E-state index contributed by atoms with van der Waals surface area (Å²) in [7, 11) is 1.55. The van der Waals surface area contributed by atoms with Crippen molar-refractivity contribution in [2.75, 3.05) is 19.0 Å². The first-order valence-electron chi connectivity index (χ1n) is 5.63. The summed E-state index contributed by atoms with van der Waals surface area (Å²) in [4.78, 5) is 3.63. The lowest BCUT2D eigenvalue weighted by Crippen LogP contribution is -2.24. The van der Waals surface area contributed by atoms with Crippen molar-refractivity contribution < 1.29 is 17.9 Å². The molecule has 0 heterocycles. The molecule has 8 heteroatoms. The highest BCUT2D eigenvalue weighted by atomic mass is 127. The molecule has 0 aliphatic carbocycles. The number of nitrogens with two attached hydrogens (primary N) is 1. The highest BCUT2D eigenvalue weighted by molar-refractivity contribution is 14.0. The number of nitrogens with one attached hydrogen (secondary N) is 1. The molecule has 0 aliphatic rings. The number of guanidine groups is 1. The van der Waals surface area contributed by atoms with E-state index in [1.807, 2.05) is 12.1 Å². The van der Waals surface area contributed by atoms with Crippen molar-refractivity contribution in [3.8, 4) is 0 Å². The van der Waals surface area contributed by atoms with Crippen LogP contribution in [0.5, 0.6) is 0 Å². The zero-order valence-electron chi connectivity index (χ0n) is 10.9. The Balaban J connectivity index is 0.00000361. The fourth-order valence-electron chi connectivity index (χ4n) is 1.40. The van der Waals surface area contributed by atoms with Gasteiger partial charge in [0.25, 0.3) is 0 Å². The molecule has 0 spiro atoms. The molecule has 0 atom stereocenters. The number of hydrogen-bond acceptors (Lipinski definition) is 2. The van der Waals surface area contributed by atoms with Gasteiger partial charge in [-0.25, -0.2) is 0 Å². The third-order valence-electron chi connectivity index (χ3n) is 2.26. The second-order valence-electron chi connectivity index (χ2n) is 3.85. The second kappa shape index (κ2) is 9.01. The molecule has 0 aromatic heterocycles. The number of ether oxygens (including phenoxy) is 1. The van der Waals surface area contributed by atoms with Gasteiger partial charge in [-0.15, -0.1) is 24.0 Å². The minimum atomic E-state index is -4.22. The predicted octanol–water partition coefficient (Wildman–Crippen LogP) is 3.13. The van der Waals surface area contributed by atoms with Crippen LogP contribution in [0.3, 0.4) is 0 Å². The molecule has 114 valence electrons. The zero-order valence-corrected chi connectivity index (χ0v) is 13.2. The molecule has 0 aliphatic heterocycles. The van der Waals surface area contributed by atoms with Crippen molar-refractivity contribution in [3.63, 3.8) is 0 Å². The maximum atomic E-state index is 12.0. The van der Waals surface area contributed by atoms with Crippen LogP contribution in [0.15, 0.2) is 29.3 Å². The molecule has 3 N–H and O–H groups in total. The van der Waals surface area contributed by atoms with Crippen molar-refractivity contribution in [1.82, 2.24) is 0 Å². The Bertz CT molecular complexity index is 438. The molecule has 0 unspecified atom stereocenters. The molecule has 0 radical (unpaired) electrons. The quantitative estimate of drug-likeness (QED) is 0.451. The number of rotatable bonds is 5. The van der Waals surface area contributed by atoms with E-state index in [0.29, 0.717) is 12.3 Å². The van der Waals surface area contributed by atoms with Crippen LogP contribution in [-0.2, 0) is 11.3 Å². The largest absolute Gasteiger partial charge is 0.390 e. The van der Waals surface area contributed by atoms with Crippen LogP contribution in [0.4, 0.5) is 18.9 Å². The Labute approximate surface area is 132 Å². The lowest BCUT2D eigenvalue weighted by molar-refractivity contribution is -0.132. The summed E-state index contributed by atoms with van der Waals surface area (Å²) in [6.07, 6.45) is -5.22. The van der Waals surface area contributed by atoms with Gasteiger partial charge in [-0.2, -0.15) is 13.2 Å². The molecular weight excluding hydrogens is 386 g/mol. The molecule has 1 rings (SSSR count). The predicted molar refractivity (Wildman–Crippen MR) is 83.4 cm³/mol. The molecular formula is C12H17F3IN3O. The van der Waals surface area contributed by atoms with Crippen LogP contribution in [0.2, 0.25) is 0 Å². The van der Waals surface area contributed by atoms with Crippen molar-refractivity contribution in [3.05, 3.63) is 29.8 Å². The first kappa shape index (κ1) is 19.0. The summed E-state index contributed by atoms with van der Waals surface area (Å²) in [5.74, 6) is -0.0483. The van der Waals surface area contributed by atoms with Gasteiger partial charge < -0.3 is 15.8 Å². The molecule has 1 aromatic carbocycles. The number of para-hydroxylation sites is 1. The first-order chi connectivity index (χ1) is 8.92. The summed E-state index contributed by atoms with van der Waals surface area (Å²) in [6, 6.07) is 7.19. The van der Waals surface area contributed by atoms with E-state index in [9.17, 15) is 13.2 Å². The summed E-state index contributed by atoms with van der Waals surface area (Å²) in [5.41, 5.74) is 7.04. The molecule has 4 nitrogen and oxygen atoms in total. The normalized spacial score (nSPS) is 11.9. The van der Waals surface area contributed by atoms with Gasteiger partial charge >= 0.3 is 6.18 Å². The monoisotopic (exact) mass is 403 g/mol. The van der Waals surface area contributed by atoms with E-state index in [1.165, 1.54) is 0 Å². The summed E-state index contributed by atoms with van der Waals surface area (Å²) in [5, 5.41) is 2.76. The van der Waals surface area contributed by atoms with Crippen LogP contribution < -0.4 is 11.1 Å². The minimum absolute atomic E-state index is 0. The minimum Gasteiger partial charge on any atom is -0.380 e. The van der Waals surface area contributed by atoms with Gasteiger partial charge in [-0.1, -0.05) is 18.2 Å². The molecule has 0 amide bonds. The van der Waals surface area contributed by atoms with E-state index >= 15 is 0 Å². The Kier molecular flexibility index (Phi) is 8.54. The second-order valence-corrected chi connectivity index (χ2v) is 3.85. The average molecular weight is 403 g/mol. The number of hydrogen-bond donors (Lipinski definition) is 2. The molecule has 20 heavy (non-hydrogen) atoms. The fraction of sp³-hybridized carbons (Fsp3) is 0.417. The van der Waals surface area contributed by atoms with Gasteiger partial charge in [-0.3, -0.25) is 4.99 Å². The van der Waals surface area contributed by atoms with Gasteiger partial charge in [0.15, 0.2) is 5.96 Å². The fourth-order valence-corrected chi connectivity index (χ4v) is 1.40. The third kappa shape index (κ3) is 7.53. The van der Waals surface area contributed by atoms with Gasteiger partial charge in [0.2, 0.25) is 0 Å². The number of methoxy groups -OCH3 is 1. The van der Waals surface area contributed by atoms with Crippen molar-refractivity contribution in [1.29, 1.82) is 0 Å². The number of benzene rings is 1. The zero-order chi connectivity index (χ0) is 14.3. The van der Waals surface area contributed by atoms with E-state index in [0.717, 1.165) is 5.56 Å². The van der Waals surface area contributed by atoms with Crippen molar-refractivity contribution in [2.24, 2.45) is 10.7 Å². The Hall–Kier alpha value is -1.03. The maximum Gasteiger partial charge on any atom is 0.390 e. The van der Waals surface area contributed by atoms with Gasteiger partial charge in [0.05, 0.1) is 19.6 Å². The number of aliphatic imine (C=N–C) groups is 1. The Morgan fingerprint density at radius 3 is 2.60 bits per heavy atom. The first-order valence-corrected chi connectivity index (χ1v) is 5.63. The summed E-state index contributed by atoms with van der Waals surface area (Å²) < 4.78 is 40.9. The smallest absolute Gasteiger partial charge is 0.380 e. The Morgan fingerprint density at radius 2 is 2.00 bits per heavy atom. The van der Waals surface area contributed by atoms with Crippen molar-refractivity contribution in [2.45, 2.75) is 19.2 Å².